The Bertz CT molecular complexity index is 331. The van der Waals surface area contributed by atoms with Gasteiger partial charge in [0.1, 0.15) is 6.29 Å². The number of rotatable bonds is 18. The van der Waals surface area contributed by atoms with Gasteiger partial charge in [0, 0.05) is 12.8 Å². The molecular weight excluding hydrogens is 296 g/mol. The van der Waals surface area contributed by atoms with Crippen LogP contribution in [0.2, 0.25) is 0 Å². The highest BCUT2D eigenvalue weighted by Gasteiger charge is 2.09. The van der Waals surface area contributed by atoms with Gasteiger partial charge in [-0.25, -0.2) is 0 Å². The lowest BCUT2D eigenvalue weighted by atomic mass is 9.97. The molecule has 0 heterocycles. The minimum absolute atomic E-state index is 0.323. The first-order valence-electron chi connectivity index (χ1n) is 10.4. The molecule has 24 heavy (non-hydrogen) atoms. The summed E-state index contributed by atoms with van der Waals surface area (Å²) < 4.78 is 0. The van der Waals surface area contributed by atoms with Gasteiger partial charge >= 0.3 is 0 Å². The Balaban J connectivity index is 4.15. The van der Waals surface area contributed by atoms with Crippen LogP contribution in [0.4, 0.5) is 0 Å². The number of unbranched alkanes of at least 4 members (excludes halogenated alkanes) is 11. The van der Waals surface area contributed by atoms with Crippen LogP contribution < -0.4 is 0 Å². The molecule has 0 fully saturated rings. The first kappa shape index (κ1) is 23.1. The molecule has 0 aliphatic heterocycles. The molecular formula is C22H40O2. The van der Waals surface area contributed by atoms with Crippen LogP contribution in [0, 0.1) is 0 Å². The van der Waals surface area contributed by atoms with E-state index in [9.17, 15) is 9.59 Å². The third-order valence-corrected chi connectivity index (χ3v) is 4.58. The van der Waals surface area contributed by atoms with Crippen LogP contribution in [0.25, 0.3) is 0 Å². The Labute approximate surface area is 150 Å². The summed E-state index contributed by atoms with van der Waals surface area (Å²) in [4.78, 5) is 22.8. The molecule has 0 atom stereocenters. The van der Waals surface area contributed by atoms with Gasteiger partial charge < -0.3 is 4.79 Å². The average Bonchev–Trinajstić information content (AvgIpc) is 2.59. The number of hydrogen-bond donors (Lipinski definition) is 0. The van der Waals surface area contributed by atoms with Gasteiger partial charge in [0.05, 0.1) is 0 Å². The first-order chi connectivity index (χ1) is 11.8. The maximum atomic E-state index is 12.4. The molecule has 0 aliphatic rings. The van der Waals surface area contributed by atoms with E-state index in [1.165, 1.54) is 57.8 Å². The molecule has 0 N–H and O–H groups in total. The van der Waals surface area contributed by atoms with E-state index in [2.05, 4.69) is 19.9 Å². The zero-order chi connectivity index (χ0) is 17.9. The summed E-state index contributed by atoms with van der Waals surface area (Å²) in [6.07, 6.45) is 20.7. The van der Waals surface area contributed by atoms with Gasteiger partial charge in [-0.2, -0.15) is 0 Å². The smallest absolute Gasteiger partial charge is 0.158 e. The normalized spacial score (nSPS) is 11.7. The summed E-state index contributed by atoms with van der Waals surface area (Å²) in [6, 6.07) is 0. The maximum Gasteiger partial charge on any atom is 0.158 e. The van der Waals surface area contributed by atoms with E-state index in [0.29, 0.717) is 18.6 Å². The van der Waals surface area contributed by atoms with E-state index < -0.39 is 0 Å². The zero-order valence-corrected chi connectivity index (χ0v) is 16.3. The molecule has 0 aliphatic carbocycles. The van der Waals surface area contributed by atoms with Crippen LogP contribution in [0.1, 0.15) is 117 Å². The van der Waals surface area contributed by atoms with Gasteiger partial charge in [-0.05, 0) is 44.1 Å². The molecule has 2 nitrogen and oxygen atoms in total. The Morgan fingerprint density at radius 2 is 1.21 bits per heavy atom. The largest absolute Gasteiger partial charge is 0.303 e. The molecule has 0 spiro atoms. The van der Waals surface area contributed by atoms with Crippen LogP contribution in [-0.2, 0) is 9.59 Å². The number of Topliss-reactive ketones (excluding diaryl/α,β-unsaturated/α-hetero) is 1. The quantitative estimate of drug-likeness (QED) is 0.154. The standard InChI is InChI=1S/C22H40O2/c1-3-5-7-9-10-11-14-18-21(17-13-8-6-4-2)22(24)19-15-12-16-20-23/h18,20H,3-17,19H2,1-2H3. The lowest BCUT2D eigenvalue weighted by molar-refractivity contribution is -0.116. The van der Waals surface area contributed by atoms with Gasteiger partial charge in [-0.1, -0.05) is 71.3 Å². The van der Waals surface area contributed by atoms with E-state index in [0.717, 1.165) is 44.0 Å². The summed E-state index contributed by atoms with van der Waals surface area (Å²) in [5.74, 6) is 0.323. The minimum Gasteiger partial charge on any atom is -0.303 e. The summed E-state index contributed by atoms with van der Waals surface area (Å²) in [5.41, 5.74) is 1.06. The van der Waals surface area contributed by atoms with Crippen molar-refractivity contribution >= 4 is 12.1 Å². The van der Waals surface area contributed by atoms with Gasteiger partial charge in [0.25, 0.3) is 0 Å². The van der Waals surface area contributed by atoms with E-state index >= 15 is 0 Å². The van der Waals surface area contributed by atoms with Crippen molar-refractivity contribution in [2.75, 3.05) is 0 Å². The lowest BCUT2D eigenvalue weighted by Gasteiger charge is -2.07. The van der Waals surface area contributed by atoms with Crippen LogP contribution in [0.15, 0.2) is 11.6 Å². The first-order valence-corrected chi connectivity index (χ1v) is 10.4. The second kappa shape index (κ2) is 18.4. The topological polar surface area (TPSA) is 34.1 Å². The molecule has 140 valence electrons. The highest BCUT2D eigenvalue weighted by molar-refractivity contribution is 5.95. The van der Waals surface area contributed by atoms with E-state index in [1.54, 1.807) is 0 Å². The number of allylic oxidation sites excluding steroid dienone is 2. The third kappa shape index (κ3) is 14.7. The van der Waals surface area contributed by atoms with Crippen molar-refractivity contribution in [1.29, 1.82) is 0 Å². The van der Waals surface area contributed by atoms with E-state index in [4.69, 9.17) is 0 Å². The second-order valence-corrected chi connectivity index (χ2v) is 6.93. The van der Waals surface area contributed by atoms with Crippen LogP contribution in [0.5, 0.6) is 0 Å². The van der Waals surface area contributed by atoms with Crippen molar-refractivity contribution in [3.05, 3.63) is 11.6 Å². The van der Waals surface area contributed by atoms with Gasteiger partial charge in [0.15, 0.2) is 5.78 Å². The van der Waals surface area contributed by atoms with Gasteiger partial charge in [-0.15, -0.1) is 0 Å². The molecule has 0 unspecified atom stereocenters. The fourth-order valence-corrected chi connectivity index (χ4v) is 2.97. The van der Waals surface area contributed by atoms with Crippen molar-refractivity contribution in [2.45, 2.75) is 117 Å². The fraction of sp³-hybridized carbons (Fsp3) is 0.818. The molecule has 0 saturated carbocycles. The molecule has 0 aromatic heterocycles. The average molecular weight is 337 g/mol. The van der Waals surface area contributed by atoms with Gasteiger partial charge in [-0.3, -0.25) is 4.79 Å². The number of ketones is 1. The van der Waals surface area contributed by atoms with Crippen molar-refractivity contribution < 1.29 is 9.59 Å². The number of hydrogen-bond acceptors (Lipinski definition) is 2. The van der Waals surface area contributed by atoms with Crippen LogP contribution >= 0.6 is 0 Å². The van der Waals surface area contributed by atoms with E-state index in [1.807, 2.05) is 0 Å². The fourth-order valence-electron chi connectivity index (χ4n) is 2.97. The SMILES string of the molecule is CCCCCCCCC=C(CCCCCC)C(=O)CCCCC=O. The number of aldehydes is 1. The highest BCUT2D eigenvalue weighted by atomic mass is 16.1. The third-order valence-electron chi connectivity index (χ3n) is 4.58. The molecule has 0 radical (unpaired) electrons. The monoisotopic (exact) mass is 336 g/mol. The summed E-state index contributed by atoms with van der Waals surface area (Å²) in [7, 11) is 0. The van der Waals surface area contributed by atoms with E-state index in [-0.39, 0.29) is 0 Å². The highest BCUT2D eigenvalue weighted by Crippen LogP contribution is 2.17. The maximum absolute atomic E-state index is 12.4. The lowest BCUT2D eigenvalue weighted by Crippen LogP contribution is -2.03. The number of carbonyl (C=O) groups excluding carboxylic acids is 2. The second-order valence-electron chi connectivity index (χ2n) is 6.93. The Hall–Kier alpha value is -0.920. The molecule has 0 amide bonds. The molecule has 2 heteroatoms. The molecule has 0 bridgehead atoms. The Morgan fingerprint density at radius 3 is 1.88 bits per heavy atom. The Kier molecular flexibility index (Phi) is 17.7. The summed E-state index contributed by atoms with van der Waals surface area (Å²) in [6.45, 7) is 4.46. The number of carbonyl (C=O) groups is 2. The molecule has 0 aromatic rings. The predicted octanol–water partition coefficient (Wildman–Crippen LogP) is 6.96. The minimum atomic E-state index is 0.323. The molecule has 0 rings (SSSR count). The van der Waals surface area contributed by atoms with Crippen molar-refractivity contribution in [2.24, 2.45) is 0 Å². The van der Waals surface area contributed by atoms with Crippen LogP contribution in [0.3, 0.4) is 0 Å². The van der Waals surface area contributed by atoms with Gasteiger partial charge in [0.2, 0.25) is 0 Å². The molecule has 0 saturated heterocycles. The van der Waals surface area contributed by atoms with Crippen molar-refractivity contribution in [1.82, 2.24) is 0 Å². The van der Waals surface area contributed by atoms with Crippen molar-refractivity contribution in [3.8, 4) is 0 Å². The predicted molar refractivity (Wildman–Crippen MR) is 104 cm³/mol. The molecule has 0 aromatic carbocycles. The Morgan fingerprint density at radius 1 is 0.667 bits per heavy atom. The zero-order valence-electron chi connectivity index (χ0n) is 16.3. The van der Waals surface area contributed by atoms with Crippen LogP contribution in [-0.4, -0.2) is 12.1 Å². The summed E-state index contributed by atoms with van der Waals surface area (Å²) >= 11 is 0. The summed E-state index contributed by atoms with van der Waals surface area (Å²) in [5, 5.41) is 0. The van der Waals surface area contributed by atoms with Crippen molar-refractivity contribution in [3.63, 3.8) is 0 Å².